The molecule has 0 fully saturated rings. The molecule has 1 N–H and O–H groups in total. The van der Waals surface area contributed by atoms with Crippen LogP contribution in [-0.2, 0) is 0 Å². The summed E-state index contributed by atoms with van der Waals surface area (Å²) in [5.41, 5.74) is 1.10. The largest absolute Gasteiger partial charge is 0.493 e. The zero-order valence-corrected chi connectivity index (χ0v) is 10.6. The Bertz CT molecular complexity index is 384. The van der Waals surface area contributed by atoms with Crippen LogP contribution >= 0.6 is 0 Å². The Hall–Kier alpha value is -1.73. The molecular weight excluding hydrogens is 214 g/mol. The van der Waals surface area contributed by atoms with Crippen molar-refractivity contribution in [1.82, 2.24) is 5.32 Å². The Labute approximate surface area is 103 Å². The Morgan fingerprint density at radius 1 is 1.47 bits per heavy atom. The molecule has 0 aromatic heterocycles. The fourth-order valence-electron chi connectivity index (χ4n) is 1.42. The lowest BCUT2D eigenvalue weighted by Gasteiger charge is -2.14. The highest BCUT2D eigenvalue weighted by atomic mass is 16.5. The minimum absolute atomic E-state index is 0.146. The monoisotopic (exact) mass is 233 g/mol. The third-order valence-electron chi connectivity index (χ3n) is 2.51. The van der Waals surface area contributed by atoms with Crippen molar-refractivity contribution < 1.29 is 4.74 Å². The molecule has 17 heavy (non-hydrogen) atoms. The number of rotatable bonds is 6. The molecule has 0 aliphatic rings. The summed E-state index contributed by atoms with van der Waals surface area (Å²) in [6.45, 7) is 0.538. The third-order valence-corrected chi connectivity index (χ3v) is 2.51. The van der Waals surface area contributed by atoms with Gasteiger partial charge in [0.1, 0.15) is 5.75 Å². The van der Waals surface area contributed by atoms with E-state index in [2.05, 4.69) is 11.4 Å². The molecule has 0 aliphatic carbocycles. The Kier molecular flexibility index (Phi) is 5.31. The molecule has 1 aromatic rings. The van der Waals surface area contributed by atoms with E-state index in [4.69, 9.17) is 10.00 Å². The average molecular weight is 233 g/mol. The van der Waals surface area contributed by atoms with E-state index >= 15 is 0 Å². The van der Waals surface area contributed by atoms with E-state index in [1.165, 1.54) is 0 Å². The van der Waals surface area contributed by atoms with Crippen LogP contribution < -0.4 is 15.0 Å². The number of anilines is 1. The van der Waals surface area contributed by atoms with E-state index in [0.29, 0.717) is 13.0 Å². The van der Waals surface area contributed by atoms with Gasteiger partial charge in [0.15, 0.2) is 0 Å². The fourth-order valence-corrected chi connectivity index (χ4v) is 1.42. The summed E-state index contributed by atoms with van der Waals surface area (Å²) in [7, 11) is 5.76. The van der Waals surface area contributed by atoms with Gasteiger partial charge in [-0.1, -0.05) is 6.07 Å². The van der Waals surface area contributed by atoms with Crippen molar-refractivity contribution in [3.8, 4) is 11.8 Å². The van der Waals surface area contributed by atoms with Gasteiger partial charge in [-0.2, -0.15) is 5.26 Å². The van der Waals surface area contributed by atoms with Crippen molar-refractivity contribution in [2.75, 3.05) is 32.6 Å². The predicted molar refractivity (Wildman–Crippen MR) is 69.3 cm³/mol. The van der Waals surface area contributed by atoms with E-state index in [0.717, 1.165) is 11.4 Å². The second-order valence-electron chi connectivity index (χ2n) is 4.00. The van der Waals surface area contributed by atoms with Crippen LogP contribution in [0.3, 0.4) is 0 Å². The summed E-state index contributed by atoms with van der Waals surface area (Å²) in [6.07, 6.45) is 0.680. The summed E-state index contributed by atoms with van der Waals surface area (Å²) < 4.78 is 5.61. The van der Waals surface area contributed by atoms with Crippen LogP contribution in [0.15, 0.2) is 24.3 Å². The highest BCUT2D eigenvalue weighted by molar-refractivity contribution is 5.49. The molecule has 1 unspecified atom stereocenters. The quantitative estimate of drug-likeness (QED) is 0.811. The molecule has 0 spiro atoms. The zero-order chi connectivity index (χ0) is 12.7. The zero-order valence-electron chi connectivity index (χ0n) is 10.6. The van der Waals surface area contributed by atoms with Gasteiger partial charge < -0.3 is 15.0 Å². The first-order valence-electron chi connectivity index (χ1n) is 5.64. The standard InChI is InChI=1S/C13H19N3O/c1-15-11(10-14)7-8-17-13-6-4-5-12(9-13)16(2)3/h4-6,9,11,15H,7-8H2,1-3H3. The van der Waals surface area contributed by atoms with Crippen LogP contribution in [0.5, 0.6) is 5.75 Å². The number of benzene rings is 1. The second kappa shape index (κ2) is 6.77. The highest BCUT2D eigenvalue weighted by Gasteiger charge is 2.04. The molecule has 4 nitrogen and oxygen atoms in total. The van der Waals surface area contributed by atoms with Gasteiger partial charge in [-0.15, -0.1) is 0 Å². The van der Waals surface area contributed by atoms with Crippen molar-refractivity contribution in [2.24, 2.45) is 0 Å². The van der Waals surface area contributed by atoms with Gasteiger partial charge in [-0.25, -0.2) is 0 Å². The molecule has 1 aromatic carbocycles. The molecule has 0 heterocycles. The van der Waals surface area contributed by atoms with Crippen molar-refractivity contribution in [3.63, 3.8) is 0 Å². The summed E-state index contributed by atoms with van der Waals surface area (Å²) in [4.78, 5) is 2.03. The molecule has 92 valence electrons. The second-order valence-corrected chi connectivity index (χ2v) is 4.00. The molecule has 0 amide bonds. The Morgan fingerprint density at radius 2 is 2.24 bits per heavy atom. The summed E-state index contributed by atoms with van der Waals surface area (Å²) in [6, 6.07) is 9.92. The van der Waals surface area contributed by atoms with Gasteiger partial charge in [0.25, 0.3) is 0 Å². The molecule has 0 saturated carbocycles. The van der Waals surface area contributed by atoms with Gasteiger partial charge in [0.2, 0.25) is 0 Å². The van der Waals surface area contributed by atoms with Gasteiger partial charge >= 0.3 is 0 Å². The molecule has 0 aliphatic heterocycles. The van der Waals surface area contributed by atoms with Crippen LogP contribution in [0.1, 0.15) is 6.42 Å². The van der Waals surface area contributed by atoms with E-state index in [-0.39, 0.29) is 6.04 Å². The van der Waals surface area contributed by atoms with E-state index in [1.54, 1.807) is 7.05 Å². The van der Waals surface area contributed by atoms with E-state index < -0.39 is 0 Å². The predicted octanol–water partition coefficient (Wildman–Crippen LogP) is 1.63. The molecule has 0 radical (unpaired) electrons. The molecule has 1 atom stereocenters. The molecular formula is C13H19N3O. The number of hydrogen-bond acceptors (Lipinski definition) is 4. The molecule has 4 heteroatoms. The first-order chi connectivity index (χ1) is 8.17. The topological polar surface area (TPSA) is 48.3 Å². The number of hydrogen-bond donors (Lipinski definition) is 1. The first-order valence-corrected chi connectivity index (χ1v) is 5.64. The van der Waals surface area contributed by atoms with Crippen molar-refractivity contribution in [2.45, 2.75) is 12.5 Å². The average Bonchev–Trinajstić information content (AvgIpc) is 2.35. The van der Waals surface area contributed by atoms with Crippen molar-refractivity contribution in [1.29, 1.82) is 5.26 Å². The highest BCUT2D eigenvalue weighted by Crippen LogP contribution is 2.19. The lowest BCUT2D eigenvalue weighted by molar-refractivity contribution is 0.300. The van der Waals surface area contributed by atoms with Crippen molar-refractivity contribution >= 4 is 5.69 Å². The minimum atomic E-state index is -0.146. The number of nitriles is 1. The number of nitrogens with one attached hydrogen (secondary N) is 1. The Balaban J connectivity index is 2.47. The summed E-state index contributed by atoms with van der Waals surface area (Å²) in [5, 5.41) is 11.7. The van der Waals surface area contributed by atoms with E-state index in [9.17, 15) is 0 Å². The van der Waals surface area contributed by atoms with Crippen LogP contribution in [0.25, 0.3) is 0 Å². The molecule has 0 saturated heterocycles. The van der Waals surface area contributed by atoms with Crippen LogP contribution in [0, 0.1) is 11.3 Å². The third kappa shape index (κ3) is 4.33. The minimum Gasteiger partial charge on any atom is -0.493 e. The van der Waals surface area contributed by atoms with Gasteiger partial charge in [-0.05, 0) is 19.2 Å². The lowest BCUT2D eigenvalue weighted by Crippen LogP contribution is -2.25. The normalized spacial score (nSPS) is 11.6. The number of ether oxygens (including phenoxy) is 1. The van der Waals surface area contributed by atoms with Gasteiger partial charge in [0, 0.05) is 32.3 Å². The number of nitrogens with zero attached hydrogens (tertiary/aromatic N) is 2. The molecule has 1 rings (SSSR count). The van der Waals surface area contributed by atoms with E-state index in [1.807, 2.05) is 43.3 Å². The summed E-state index contributed by atoms with van der Waals surface area (Å²) in [5.74, 6) is 0.837. The van der Waals surface area contributed by atoms with Crippen LogP contribution in [0.2, 0.25) is 0 Å². The van der Waals surface area contributed by atoms with Crippen LogP contribution in [-0.4, -0.2) is 33.8 Å². The summed E-state index contributed by atoms with van der Waals surface area (Å²) >= 11 is 0. The van der Waals surface area contributed by atoms with Crippen LogP contribution in [0.4, 0.5) is 5.69 Å². The van der Waals surface area contributed by atoms with Gasteiger partial charge in [0.05, 0.1) is 18.7 Å². The Morgan fingerprint density at radius 3 is 2.82 bits per heavy atom. The first kappa shape index (κ1) is 13.3. The van der Waals surface area contributed by atoms with Crippen molar-refractivity contribution in [3.05, 3.63) is 24.3 Å². The SMILES string of the molecule is CNC(C#N)CCOc1cccc(N(C)C)c1. The van der Waals surface area contributed by atoms with Gasteiger partial charge in [-0.3, -0.25) is 0 Å². The smallest absolute Gasteiger partial charge is 0.121 e. The maximum Gasteiger partial charge on any atom is 0.121 e. The maximum absolute atomic E-state index is 8.77. The maximum atomic E-state index is 8.77. The fraction of sp³-hybridized carbons (Fsp3) is 0.462. The lowest BCUT2D eigenvalue weighted by atomic mass is 10.2. The molecule has 0 bridgehead atoms.